The third-order valence-corrected chi connectivity index (χ3v) is 4.25. The van der Waals surface area contributed by atoms with Gasteiger partial charge in [-0.3, -0.25) is 9.59 Å². The van der Waals surface area contributed by atoms with Gasteiger partial charge >= 0.3 is 0 Å². The minimum Gasteiger partial charge on any atom is -0.355 e. The van der Waals surface area contributed by atoms with Crippen molar-refractivity contribution in [1.82, 2.24) is 20.2 Å². The van der Waals surface area contributed by atoms with Crippen LogP contribution >= 0.6 is 11.8 Å². The molecule has 1 heterocycles. The fraction of sp³-hybridized carbons (Fsp3) is 0.312. The van der Waals surface area contributed by atoms with Crippen LogP contribution in [0.1, 0.15) is 22.8 Å². The smallest absolute Gasteiger partial charge is 0.251 e. The number of thioether (sulfide) groups is 1. The lowest BCUT2D eigenvalue weighted by atomic mass is 10.1. The Labute approximate surface area is 139 Å². The molecule has 0 radical (unpaired) electrons. The van der Waals surface area contributed by atoms with Crippen molar-refractivity contribution in [3.63, 3.8) is 0 Å². The lowest BCUT2D eigenvalue weighted by Gasteiger charge is -2.07. The molecule has 2 amide bonds. The number of hydrogen-bond donors (Lipinski definition) is 2. The number of imidazole rings is 1. The summed E-state index contributed by atoms with van der Waals surface area (Å²) >= 11 is 1.62. The number of carbonyl (C=O) groups excluding carboxylic acids is 2. The SMILES string of the molecule is CC(=O)NCCNC(=O)c1cccc(CSc2nccn2C)c1. The van der Waals surface area contributed by atoms with Crippen LogP contribution < -0.4 is 10.6 Å². The summed E-state index contributed by atoms with van der Waals surface area (Å²) in [5, 5.41) is 6.36. The molecule has 0 fully saturated rings. The molecular formula is C16H20N4O2S. The van der Waals surface area contributed by atoms with Gasteiger partial charge in [0.05, 0.1) is 0 Å². The van der Waals surface area contributed by atoms with Crippen LogP contribution in [0, 0.1) is 0 Å². The summed E-state index contributed by atoms with van der Waals surface area (Å²) < 4.78 is 1.96. The van der Waals surface area contributed by atoms with E-state index in [9.17, 15) is 9.59 Å². The maximum atomic E-state index is 12.1. The maximum Gasteiger partial charge on any atom is 0.251 e. The number of rotatable bonds is 7. The second kappa shape index (κ2) is 8.38. The molecule has 0 saturated heterocycles. The Morgan fingerprint density at radius 1 is 1.26 bits per heavy atom. The first-order valence-corrected chi connectivity index (χ1v) is 8.26. The number of benzene rings is 1. The molecule has 0 aliphatic heterocycles. The highest BCUT2D eigenvalue weighted by Crippen LogP contribution is 2.20. The maximum absolute atomic E-state index is 12.1. The zero-order valence-corrected chi connectivity index (χ0v) is 14.0. The van der Waals surface area contributed by atoms with E-state index in [0.717, 1.165) is 16.5 Å². The minimum atomic E-state index is -0.140. The Morgan fingerprint density at radius 3 is 2.74 bits per heavy atom. The number of hydrogen-bond acceptors (Lipinski definition) is 4. The van der Waals surface area contributed by atoms with E-state index in [0.29, 0.717) is 18.7 Å². The van der Waals surface area contributed by atoms with E-state index in [-0.39, 0.29) is 11.8 Å². The van der Waals surface area contributed by atoms with Gasteiger partial charge < -0.3 is 15.2 Å². The summed E-state index contributed by atoms with van der Waals surface area (Å²) in [7, 11) is 1.95. The summed E-state index contributed by atoms with van der Waals surface area (Å²) in [6, 6.07) is 7.52. The van der Waals surface area contributed by atoms with E-state index in [2.05, 4.69) is 15.6 Å². The Morgan fingerprint density at radius 2 is 2.04 bits per heavy atom. The first-order valence-electron chi connectivity index (χ1n) is 7.28. The van der Waals surface area contributed by atoms with Crippen molar-refractivity contribution < 1.29 is 9.59 Å². The predicted molar refractivity (Wildman–Crippen MR) is 90.2 cm³/mol. The highest BCUT2D eigenvalue weighted by atomic mass is 32.2. The van der Waals surface area contributed by atoms with Gasteiger partial charge in [0, 0.05) is 50.8 Å². The number of nitrogens with zero attached hydrogens (tertiary/aromatic N) is 2. The zero-order valence-electron chi connectivity index (χ0n) is 13.2. The van der Waals surface area contributed by atoms with Gasteiger partial charge in [-0.2, -0.15) is 0 Å². The van der Waals surface area contributed by atoms with Gasteiger partial charge in [-0.15, -0.1) is 0 Å². The van der Waals surface area contributed by atoms with Crippen LogP contribution in [-0.2, 0) is 17.6 Å². The molecular weight excluding hydrogens is 312 g/mol. The molecule has 0 saturated carbocycles. The Bertz CT molecular complexity index is 684. The molecule has 23 heavy (non-hydrogen) atoms. The van der Waals surface area contributed by atoms with Crippen molar-refractivity contribution in [3.05, 3.63) is 47.8 Å². The molecule has 122 valence electrons. The number of carbonyl (C=O) groups is 2. The fourth-order valence-corrected chi connectivity index (χ4v) is 2.83. The summed E-state index contributed by atoms with van der Waals surface area (Å²) in [5.74, 6) is 0.504. The summed E-state index contributed by atoms with van der Waals surface area (Å²) in [6.45, 7) is 2.28. The van der Waals surface area contributed by atoms with Crippen molar-refractivity contribution in [3.8, 4) is 0 Å². The number of amides is 2. The van der Waals surface area contributed by atoms with E-state index in [1.54, 1.807) is 24.0 Å². The van der Waals surface area contributed by atoms with Crippen LogP contribution in [-0.4, -0.2) is 34.5 Å². The van der Waals surface area contributed by atoms with Crippen LogP contribution in [0.25, 0.3) is 0 Å². The van der Waals surface area contributed by atoms with Crippen LogP contribution in [0.4, 0.5) is 0 Å². The van der Waals surface area contributed by atoms with Gasteiger partial charge in [0.25, 0.3) is 5.91 Å². The van der Waals surface area contributed by atoms with Gasteiger partial charge in [0.1, 0.15) is 0 Å². The summed E-state index contributed by atoms with van der Waals surface area (Å²) in [6.07, 6.45) is 3.67. The lowest BCUT2D eigenvalue weighted by Crippen LogP contribution is -2.33. The van der Waals surface area contributed by atoms with Gasteiger partial charge in [0.15, 0.2) is 5.16 Å². The van der Waals surface area contributed by atoms with Gasteiger partial charge in [-0.05, 0) is 17.7 Å². The van der Waals surface area contributed by atoms with E-state index in [1.165, 1.54) is 6.92 Å². The molecule has 6 nitrogen and oxygen atoms in total. The first kappa shape index (κ1) is 17.1. The average Bonchev–Trinajstić information content (AvgIpc) is 2.94. The Kier molecular flexibility index (Phi) is 6.22. The summed E-state index contributed by atoms with van der Waals surface area (Å²) in [5.41, 5.74) is 1.68. The topological polar surface area (TPSA) is 76.0 Å². The van der Waals surface area contributed by atoms with Gasteiger partial charge in [-0.1, -0.05) is 23.9 Å². The quantitative estimate of drug-likeness (QED) is 0.596. The summed E-state index contributed by atoms with van der Waals surface area (Å²) in [4.78, 5) is 27.1. The molecule has 2 aromatic rings. The largest absolute Gasteiger partial charge is 0.355 e. The molecule has 2 N–H and O–H groups in total. The van der Waals surface area contributed by atoms with Crippen LogP contribution in [0.15, 0.2) is 41.8 Å². The molecule has 1 aromatic carbocycles. The van der Waals surface area contributed by atoms with Crippen molar-refractivity contribution in [2.24, 2.45) is 7.05 Å². The Balaban J connectivity index is 1.87. The molecule has 1 aromatic heterocycles. The van der Waals surface area contributed by atoms with Crippen molar-refractivity contribution in [1.29, 1.82) is 0 Å². The molecule has 0 aliphatic rings. The fourth-order valence-electron chi connectivity index (χ4n) is 1.96. The average molecular weight is 332 g/mol. The molecule has 0 bridgehead atoms. The molecule has 0 aliphatic carbocycles. The zero-order chi connectivity index (χ0) is 16.7. The number of aryl methyl sites for hydroxylation is 1. The van der Waals surface area contributed by atoms with Gasteiger partial charge in [-0.25, -0.2) is 4.98 Å². The molecule has 0 atom stereocenters. The highest BCUT2D eigenvalue weighted by molar-refractivity contribution is 7.98. The number of nitrogens with one attached hydrogen (secondary N) is 2. The normalized spacial score (nSPS) is 10.3. The second-order valence-corrected chi connectivity index (χ2v) is 5.99. The predicted octanol–water partition coefficient (Wildman–Crippen LogP) is 1.58. The van der Waals surface area contributed by atoms with Gasteiger partial charge in [0.2, 0.25) is 5.91 Å². The molecule has 2 rings (SSSR count). The van der Waals surface area contributed by atoms with Crippen LogP contribution in [0.2, 0.25) is 0 Å². The standard InChI is InChI=1S/C16H20N4O2S/c1-12(21)17-6-7-18-15(22)14-5-3-4-13(10-14)11-23-16-19-8-9-20(16)2/h3-5,8-10H,6-7,11H2,1-2H3,(H,17,21)(H,18,22). The van der Waals surface area contributed by atoms with E-state index in [1.807, 2.05) is 36.0 Å². The van der Waals surface area contributed by atoms with E-state index < -0.39 is 0 Å². The van der Waals surface area contributed by atoms with Crippen molar-refractivity contribution in [2.75, 3.05) is 13.1 Å². The van der Waals surface area contributed by atoms with Crippen LogP contribution in [0.5, 0.6) is 0 Å². The first-order chi connectivity index (χ1) is 11.1. The van der Waals surface area contributed by atoms with Crippen molar-refractivity contribution >= 4 is 23.6 Å². The highest BCUT2D eigenvalue weighted by Gasteiger charge is 2.07. The second-order valence-electron chi connectivity index (χ2n) is 5.05. The van der Waals surface area contributed by atoms with Crippen LogP contribution in [0.3, 0.4) is 0 Å². The lowest BCUT2D eigenvalue weighted by molar-refractivity contribution is -0.118. The van der Waals surface area contributed by atoms with Crippen molar-refractivity contribution in [2.45, 2.75) is 17.8 Å². The monoisotopic (exact) mass is 332 g/mol. The molecule has 0 spiro atoms. The third-order valence-electron chi connectivity index (χ3n) is 3.12. The number of aromatic nitrogens is 2. The third kappa shape index (κ3) is 5.45. The molecule has 0 unspecified atom stereocenters. The Hall–Kier alpha value is -2.28. The minimum absolute atomic E-state index is 0.104. The van der Waals surface area contributed by atoms with E-state index >= 15 is 0 Å². The molecule has 7 heteroatoms. The van der Waals surface area contributed by atoms with E-state index in [4.69, 9.17) is 0 Å².